The molecule has 0 spiro atoms. The van der Waals surface area contributed by atoms with Gasteiger partial charge < -0.3 is 27.9 Å². The summed E-state index contributed by atoms with van der Waals surface area (Å²) in [5, 5.41) is 34.4. The highest BCUT2D eigenvalue weighted by molar-refractivity contribution is 6.66. The average molecular weight is 793 g/mol. The monoisotopic (exact) mass is 792 g/mol. The minimum Gasteiger partial charge on any atom is -0.481 e. The summed E-state index contributed by atoms with van der Waals surface area (Å²) in [7, 11) is 7.59. The Morgan fingerprint density at radius 2 is 1.15 bits per heavy atom. The molecule has 2 heterocycles. The second-order valence-electron chi connectivity index (χ2n) is 11.6. The number of aromatic nitrogens is 6. The van der Waals surface area contributed by atoms with Crippen molar-refractivity contribution in [2.45, 2.75) is 66.8 Å². The predicted octanol–water partition coefficient (Wildman–Crippen LogP) is 3.48. The van der Waals surface area contributed by atoms with Crippen LogP contribution < -0.4 is 10.6 Å². The van der Waals surface area contributed by atoms with Crippen molar-refractivity contribution in [2.75, 3.05) is 53.3 Å². The summed E-state index contributed by atoms with van der Waals surface area (Å²) in [5.74, 6) is -2.72. The Hall–Kier alpha value is -3.91. The fraction of sp³-hybridized carbons (Fsp3) is 0.677. The molecule has 0 bridgehead atoms. The highest BCUT2D eigenvalue weighted by Crippen LogP contribution is 2.18. The van der Waals surface area contributed by atoms with Crippen LogP contribution in [0.25, 0.3) is 0 Å². The van der Waals surface area contributed by atoms with E-state index in [0.717, 1.165) is 5.92 Å². The van der Waals surface area contributed by atoms with Gasteiger partial charge in [-0.1, -0.05) is 54.5 Å². The second kappa shape index (κ2) is 32.7. The lowest BCUT2D eigenvalue weighted by Crippen LogP contribution is -2.40. The van der Waals surface area contributed by atoms with E-state index < -0.39 is 32.6 Å². The molecule has 20 nitrogen and oxygen atoms in total. The zero-order valence-electron chi connectivity index (χ0n) is 32.9. The molecule has 53 heavy (non-hydrogen) atoms. The summed E-state index contributed by atoms with van der Waals surface area (Å²) in [6.07, 6.45) is 3.43. The maximum absolute atomic E-state index is 11.7. The highest BCUT2D eigenvalue weighted by Gasteiger charge is 2.33. The number of anilines is 2. The van der Waals surface area contributed by atoms with Crippen molar-refractivity contribution in [3.05, 3.63) is 24.9 Å². The normalized spacial score (nSPS) is 11.6. The number of carbonyl (C=O) groups is 4. The van der Waals surface area contributed by atoms with Crippen LogP contribution in [-0.4, -0.2) is 126 Å². The van der Waals surface area contributed by atoms with Crippen LogP contribution in [0.15, 0.2) is 24.9 Å². The molecule has 2 amide bonds. The maximum atomic E-state index is 11.7. The molecule has 2 unspecified atom stereocenters. The van der Waals surface area contributed by atoms with Gasteiger partial charge in [0.2, 0.25) is 33.5 Å². The summed E-state index contributed by atoms with van der Waals surface area (Å²) in [6, 6.07) is 1.23. The van der Waals surface area contributed by atoms with Crippen molar-refractivity contribution in [3.8, 4) is 0 Å². The number of amides is 2. The van der Waals surface area contributed by atoms with E-state index in [2.05, 4.69) is 71.2 Å². The molecule has 2 aromatic heterocycles. The number of carboxylic acid groups (broad SMARTS) is 2. The summed E-state index contributed by atoms with van der Waals surface area (Å²) in [5.41, 5.74) is 1.58. The van der Waals surface area contributed by atoms with Crippen LogP contribution in [0.5, 0.6) is 0 Å². The molecule has 22 heteroatoms. The minimum atomic E-state index is -2.43. The SMILES string of the molecule is C=C[Si](OC)(OC)OC.CC(C)C(CC(=O)O)C(=O)Nc1ncn[nH]1.CC(C)C(CC(=O)O)C(=O)Nc1ncn[nH]1.COOC.CO[Si]CCC(C)C. The lowest BCUT2D eigenvalue weighted by atomic mass is 9.92. The molecule has 6 N–H and O–H groups in total. The first-order valence-corrected chi connectivity index (χ1v) is 19.2. The molecule has 2 aromatic rings. The quantitative estimate of drug-likeness (QED) is 0.0514. The molecule has 0 aliphatic carbocycles. The second-order valence-corrected chi connectivity index (χ2v) is 15.6. The van der Waals surface area contributed by atoms with Gasteiger partial charge in [0.05, 0.1) is 38.9 Å². The molecule has 0 aliphatic rings. The first-order chi connectivity index (χ1) is 24.9. The van der Waals surface area contributed by atoms with Gasteiger partial charge in [-0.2, -0.15) is 20.2 Å². The number of rotatable bonds is 19. The minimum absolute atomic E-state index is 0.0565. The molecule has 2 rings (SSSR count). The van der Waals surface area contributed by atoms with E-state index in [1.54, 1.807) is 61.8 Å². The number of carbonyl (C=O) groups excluding carboxylic acids is 2. The van der Waals surface area contributed by atoms with E-state index >= 15 is 0 Å². The third-order valence-corrected chi connectivity index (χ3v) is 9.61. The number of aliphatic carboxylic acids is 2. The highest BCUT2D eigenvalue weighted by atomic mass is 28.4. The Morgan fingerprint density at radius 3 is 1.34 bits per heavy atom. The van der Waals surface area contributed by atoms with Crippen LogP contribution in [0.3, 0.4) is 0 Å². The van der Waals surface area contributed by atoms with Gasteiger partial charge in [0, 0.05) is 28.4 Å². The van der Waals surface area contributed by atoms with Crippen molar-refractivity contribution in [3.63, 3.8) is 0 Å². The van der Waals surface area contributed by atoms with E-state index in [0.29, 0.717) is 9.76 Å². The largest absolute Gasteiger partial charge is 0.528 e. The van der Waals surface area contributed by atoms with E-state index in [4.69, 9.17) is 27.9 Å². The summed E-state index contributed by atoms with van der Waals surface area (Å²) in [6.45, 7) is 15.2. The zero-order valence-corrected chi connectivity index (χ0v) is 34.9. The molecule has 304 valence electrons. The Morgan fingerprint density at radius 1 is 0.774 bits per heavy atom. The fourth-order valence-corrected chi connectivity index (χ4v) is 5.44. The average Bonchev–Trinajstić information content (AvgIpc) is 3.83. The van der Waals surface area contributed by atoms with Crippen LogP contribution >= 0.6 is 0 Å². The molecule has 2 radical (unpaired) electrons. The molecule has 2 atom stereocenters. The topological polar surface area (TPSA) is 271 Å². The number of H-pyrrole nitrogens is 2. The Kier molecular flexibility index (Phi) is 33.0. The molecule has 0 saturated carbocycles. The van der Waals surface area contributed by atoms with Gasteiger partial charge >= 0.3 is 20.7 Å². The zero-order chi connectivity index (χ0) is 41.4. The van der Waals surface area contributed by atoms with E-state index in [1.807, 2.05) is 0 Å². The van der Waals surface area contributed by atoms with Crippen molar-refractivity contribution < 1.29 is 56.9 Å². The van der Waals surface area contributed by atoms with Crippen LogP contribution in [0.1, 0.15) is 60.8 Å². The van der Waals surface area contributed by atoms with Gasteiger partial charge in [0.25, 0.3) is 0 Å². The number of nitrogens with one attached hydrogen (secondary N) is 4. The number of nitrogens with zero attached hydrogens (tertiary/aromatic N) is 4. The van der Waals surface area contributed by atoms with E-state index in [9.17, 15) is 19.2 Å². The molecular formula is C31H60N8O12Si2. The van der Waals surface area contributed by atoms with Crippen molar-refractivity contribution in [1.29, 1.82) is 0 Å². The molecule has 0 aliphatic heterocycles. The van der Waals surface area contributed by atoms with Gasteiger partial charge in [0.1, 0.15) is 12.7 Å². The lowest BCUT2D eigenvalue weighted by molar-refractivity contribution is -0.248. The van der Waals surface area contributed by atoms with Gasteiger partial charge in [-0.3, -0.25) is 29.8 Å². The molecular weight excluding hydrogens is 733 g/mol. The number of hydrogen-bond acceptors (Lipinski definition) is 14. The predicted molar refractivity (Wildman–Crippen MR) is 199 cm³/mol. The standard InChI is InChI=1S/2C9H14N4O3.C6H14OSi.C5H12O3Si.C2H6O2/c2*1-5(2)6(3-7(14)15)8(16)12-9-10-4-11-13-9;1-6(2)4-5-8-7-3;1-5-9(6-2,7-3)8-4;1-3-4-2/h2*4-6H,3H2,1-2H3,(H,14,15)(H2,10,11,12,13,16);6H,4-5H2,1-3H3;5H,1H2,2-4H3;1-2H3. The lowest BCUT2D eigenvalue weighted by Gasteiger charge is -2.19. The third kappa shape index (κ3) is 28.3. The smallest absolute Gasteiger partial charge is 0.481 e. The fourth-order valence-electron chi connectivity index (χ4n) is 3.54. The number of hydrogen-bond donors (Lipinski definition) is 6. The van der Waals surface area contributed by atoms with Gasteiger partial charge in [-0.15, -0.1) is 0 Å². The summed E-state index contributed by atoms with van der Waals surface area (Å²) >= 11 is 0. The van der Waals surface area contributed by atoms with Crippen LogP contribution in [-0.2, 0) is 46.7 Å². The van der Waals surface area contributed by atoms with E-state index in [1.165, 1.54) is 39.3 Å². The molecule has 0 aromatic carbocycles. The van der Waals surface area contributed by atoms with Crippen molar-refractivity contribution in [1.82, 2.24) is 30.4 Å². The Labute approximate surface area is 315 Å². The Bertz CT molecular complexity index is 1140. The molecule has 0 saturated heterocycles. The van der Waals surface area contributed by atoms with Gasteiger partial charge in [-0.25, -0.2) is 20.0 Å². The van der Waals surface area contributed by atoms with E-state index in [-0.39, 0.29) is 48.4 Å². The van der Waals surface area contributed by atoms with Crippen LogP contribution in [0.2, 0.25) is 6.04 Å². The van der Waals surface area contributed by atoms with Crippen LogP contribution in [0.4, 0.5) is 11.9 Å². The Balaban J connectivity index is -0.000000632. The van der Waals surface area contributed by atoms with Crippen molar-refractivity contribution >= 4 is 54.2 Å². The number of aromatic amines is 2. The van der Waals surface area contributed by atoms with Gasteiger partial charge in [-0.05, 0) is 29.5 Å². The summed E-state index contributed by atoms with van der Waals surface area (Å²) < 4.78 is 19.8. The van der Waals surface area contributed by atoms with Crippen molar-refractivity contribution in [2.24, 2.45) is 29.6 Å². The third-order valence-electron chi connectivity index (χ3n) is 6.62. The summed E-state index contributed by atoms with van der Waals surface area (Å²) in [4.78, 5) is 60.2. The van der Waals surface area contributed by atoms with Gasteiger partial charge in [0.15, 0.2) is 0 Å². The molecule has 0 fully saturated rings. The maximum Gasteiger partial charge on any atom is 0.528 e. The first kappa shape index (κ1) is 53.4. The number of carboxylic acids is 2. The first-order valence-electron chi connectivity index (χ1n) is 16.3. The van der Waals surface area contributed by atoms with Crippen LogP contribution in [0, 0.1) is 29.6 Å².